The van der Waals surface area contributed by atoms with E-state index in [-0.39, 0.29) is 10.6 Å². The molecule has 5 nitrogen and oxygen atoms in total. The average Bonchev–Trinajstić information content (AvgIpc) is 2.18. The Morgan fingerprint density at radius 2 is 2.19 bits per heavy atom. The number of anilines is 1. The fourth-order valence-electron chi connectivity index (χ4n) is 1.92. The zero-order valence-electron chi connectivity index (χ0n) is 9.14. The van der Waals surface area contributed by atoms with Crippen LogP contribution in [0.25, 0.3) is 0 Å². The van der Waals surface area contributed by atoms with Gasteiger partial charge in [0, 0.05) is 29.9 Å². The number of nitrogens with one attached hydrogen (secondary N) is 1. The summed E-state index contributed by atoms with van der Waals surface area (Å²) in [4.78, 5) is 10.2. The summed E-state index contributed by atoms with van der Waals surface area (Å²) in [5, 5.41) is 13.9. The maximum absolute atomic E-state index is 10.6. The third-order valence-corrected chi connectivity index (χ3v) is 2.95. The van der Waals surface area contributed by atoms with Crippen LogP contribution < -0.4 is 11.1 Å². The quantitative estimate of drug-likeness (QED) is 0.602. The van der Waals surface area contributed by atoms with Crippen LogP contribution in [0.2, 0.25) is 0 Å². The number of nitro groups is 1. The first-order valence-electron chi connectivity index (χ1n) is 5.33. The molecule has 1 aromatic carbocycles. The number of aryl methyl sites for hydroxylation is 1. The Bertz CT molecular complexity index is 414. The van der Waals surface area contributed by atoms with Crippen LogP contribution in [0.1, 0.15) is 18.4 Å². The second-order valence-electron chi connectivity index (χ2n) is 4.33. The van der Waals surface area contributed by atoms with Crippen molar-refractivity contribution in [1.82, 2.24) is 0 Å². The number of non-ortho nitro benzene ring substituents is 1. The Balaban J connectivity index is 2.07. The van der Waals surface area contributed by atoms with Crippen LogP contribution in [0.15, 0.2) is 18.2 Å². The number of rotatable bonds is 3. The molecule has 0 bridgehead atoms. The Morgan fingerprint density at radius 3 is 2.69 bits per heavy atom. The van der Waals surface area contributed by atoms with Crippen molar-refractivity contribution >= 4 is 11.4 Å². The summed E-state index contributed by atoms with van der Waals surface area (Å²) < 4.78 is 0. The van der Waals surface area contributed by atoms with E-state index in [1.807, 2.05) is 6.92 Å². The Hall–Kier alpha value is -1.62. The molecule has 1 aliphatic rings. The van der Waals surface area contributed by atoms with Gasteiger partial charge in [-0.1, -0.05) is 0 Å². The first-order valence-corrected chi connectivity index (χ1v) is 5.33. The van der Waals surface area contributed by atoms with Crippen LogP contribution in [-0.2, 0) is 0 Å². The minimum atomic E-state index is -0.379. The van der Waals surface area contributed by atoms with Crippen LogP contribution in [0.4, 0.5) is 11.4 Å². The summed E-state index contributed by atoms with van der Waals surface area (Å²) in [7, 11) is 0. The number of benzene rings is 1. The van der Waals surface area contributed by atoms with Crippen molar-refractivity contribution in [2.24, 2.45) is 5.73 Å². The average molecular weight is 221 g/mol. The molecule has 0 heterocycles. The standard InChI is InChI=1S/C11H15N3O2/c1-7-4-10(14(15)16)2-3-11(7)13-9-5-8(12)6-9/h2-4,8-9,13H,5-6,12H2,1H3. The van der Waals surface area contributed by atoms with E-state index in [4.69, 9.17) is 5.73 Å². The van der Waals surface area contributed by atoms with Gasteiger partial charge >= 0.3 is 0 Å². The lowest BCUT2D eigenvalue weighted by Crippen LogP contribution is -2.44. The summed E-state index contributed by atoms with van der Waals surface area (Å²) in [6.45, 7) is 1.87. The van der Waals surface area contributed by atoms with Gasteiger partial charge in [-0.15, -0.1) is 0 Å². The van der Waals surface area contributed by atoms with Crippen molar-refractivity contribution in [2.75, 3.05) is 5.32 Å². The van der Waals surface area contributed by atoms with Gasteiger partial charge in [0.25, 0.3) is 5.69 Å². The summed E-state index contributed by atoms with van der Waals surface area (Å²) in [6, 6.07) is 5.58. The smallest absolute Gasteiger partial charge is 0.269 e. The van der Waals surface area contributed by atoms with Gasteiger partial charge in [-0.2, -0.15) is 0 Å². The third kappa shape index (κ3) is 2.14. The summed E-state index contributed by atoms with van der Waals surface area (Å²) in [5.41, 5.74) is 7.69. The van der Waals surface area contributed by atoms with Gasteiger partial charge < -0.3 is 11.1 Å². The molecule has 1 aliphatic carbocycles. The van der Waals surface area contributed by atoms with Crippen molar-refractivity contribution in [3.63, 3.8) is 0 Å². The van der Waals surface area contributed by atoms with Crippen molar-refractivity contribution in [2.45, 2.75) is 31.8 Å². The number of hydrogen-bond donors (Lipinski definition) is 2. The Labute approximate surface area is 93.8 Å². The molecule has 86 valence electrons. The minimum absolute atomic E-state index is 0.133. The molecule has 3 N–H and O–H groups in total. The fourth-order valence-corrected chi connectivity index (χ4v) is 1.92. The van der Waals surface area contributed by atoms with Crippen LogP contribution in [0.5, 0.6) is 0 Å². The molecule has 0 unspecified atom stereocenters. The molecule has 2 rings (SSSR count). The first kappa shape index (κ1) is 10.9. The molecule has 1 saturated carbocycles. The lowest BCUT2D eigenvalue weighted by Gasteiger charge is -2.34. The van der Waals surface area contributed by atoms with E-state index in [0.29, 0.717) is 12.1 Å². The molecule has 1 aromatic rings. The maximum atomic E-state index is 10.6. The molecule has 5 heteroatoms. The predicted octanol–water partition coefficient (Wildman–Crippen LogP) is 1.80. The van der Waals surface area contributed by atoms with Crippen LogP contribution in [0, 0.1) is 17.0 Å². The van der Waals surface area contributed by atoms with Gasteiger partial charge in [-0.25, -0.2) is 0 Å². The zero-order chi connectivity index (χ0) is 11.7. The SMILES string of the molecule is Cc1cc([N+](=O)[O-])ccc1NC1CC(N)C1. The molecular formula is C11H15N3O2. The van der Waals surface area contributed by atoms with E-state index in [1.165, 1.54) is 6.07 Å². The van der Waals surface area contributed by atoms with Crippen molar-refractivity contribution in [3.05, 3.63) is 33.9 Å². The summed E-state index contributed by atoms with van der Waals surface area (Å²) >= 11 is 0. The van der Waals surface area contributed by atoms with E-state index in [9.17, 15) is 10.1 Å². The molecule has 0 atom stereocenters. The van der Waals surface area contributed by atoms with Gasteiger partial charge in [0.15, 0.2) is 0 Å². The minimum Gasteiger partial charge on any atom is -0.382 e. The van der Waals surface area contributed by atoms with Crippen molar-refractivity contribution in [1.29, 1.82) is 0 Å². The number of nitrogens with two attached hydrogens (primary N) is 1. The van der Waals surface area contributed by atoms with E-state index < -0.39 is 0 Å². The van der Waals surface area contributed by atoms with E-state index in [0.717, 1.165) is 24.1 Å². The molecule has 1 fully saturated rings. The normalized spacial score (nSPS) is 23.6. The number of nitro benzene ring substituents is 1. The maximum Gasteiger partial charge on any atom is 0.269 e. The van der Waals surface area contributed by atoms with Gasteiger partial charge in [0.05, 0.1) is 4.92 Å². The second kappa shape index (κ2) is 4.09. The number of nitrogens with zero attached hydrogens (tertiary/aromatic N) is 1. The fraction of sp³-hybridized carbons (Fsp3) is 0.455. The molecular weight excluding hydrogens is 206 g/mol. The van der Waals surface area contributed by atoms with Crippen molar-refractivity contribution < 1.29 is 4.92 Å². The molecule has 0 spiro atoms. The van der Waals surface area contributed by atoms with Crippen molar-refractivity contribution in [3.8, 4) is 0 Å². The molecule has 0 saturated heterocycles. The second-order valence-corrected chi connectivity index (χ2v) is 4.33. The zero-order valence-corrected chi connectivity index (χ0v) is 9.14. The molecule has 0 radical (unpaired) electrons. The van der Waals surface area contributed by atoms with Crippen LogP contribution >= 0.6 is 0 Å². The third-order valence-electron chi connectivity index (χ3n) is 2.95. The van der Waals surface area contributed by atoms with E-state index >= 15 is 0 Å². The highest BCUT2D eigenvalue weighted by Crippen LogP contribution is 2.26. The number of hydrogen-bond acceptors (Lipinski definition) is 4. The van der Waals surface area contributed by atoms with Gasteiger partial charge in [0.2, 0.25) is 0 Å². The molecule has 0 aromatic heterocycles. The Morgan fingerprint density at radius 1 is 1.50 bits per heavy atom. The Kier molecular flexibility index (Phi) is 2.78. The van der Waals surface area contributed by atoms with Gasteiger partial charge in [-0.05, 0) is 31.4 Å². The van der Waals surface area contributed by atoms with Gasteiger partial charge in [0.1, 0.15) is 0 Å². The first-order chi connectivity index (χ1) is 7.56. The van der Waals surface area contributed by atoms with Crippen LogP contribution in [-0.4, -0.2) is 17.0 Å². The highest BCUT2D eigenvalue weighted by molar-refractivity contribution is 5.56. The molecule has 0 amide bonds. The monoisotopic (exact) mass is 221 g/mol. The molecule has 0 aliphatic heterocycles. The highest BCUT2D eigenvalue weighted by atomic mass is 16.6. The predicted molar refractivity (Wildman–Crippen MR) is 62.5 cm³/mol. The summed E-state index contributed by atoms with van der Waals surface area (Å²) in [6.07, 6.45) is 1.94. The van der Waals surface area contributed by atoms with Gasteiger partial charge in [-0.3, -0.25) is 10.1 Å². The summed E-state index contributed by atoms with van der Waals surface area (Å²) in [5.74, 6) is 0. The van der Waals surface area contributed by atoms with E-state index in [1.54, 1.807) is 12.1 Å². The molecule has 16 heavy (non-hydrogen) atoms. The van der Waals surface area contributed by atoms with E-state index in [2.05, 4.69) is 5.32 Å². The largest absolute Gasteiger partial charge is 0.382 e. The highest BCUT2D eigenvalue weighted by Gasteiger charge is 2.25. The lowest BCUT2D eigenvalue weighted by molar-refractivity contribution is -0.384. The van der Waals surface area contributed by atoms with Crippen LogP contribution in [0.3, 0.4) is 0 Å². The lowest BCUT2D eigenvalue weighted by atomic mass is 9.87. The topological polar surface area (TPSA) is 81.2 Å².